The van der Waals surface area contributed by atoms with Gasteiger partial charge < -0.3 is 14.6 Å². The molecule has 8 heteroatoms. The van der Waals surface area contributed by atoms with Gasteiger partial charge in [-0.2, -0.15) is 0 Å². The molecule has 1 N–H and O–H groups in total. The second-order valence-corrected chi connectivity index (χ2v) is 8.37. The van der Waals surface area contributed by atoms with Gasteiger partial charge in [0.15, 0.2) is 0 Å². The Bertz CT molecular complexity index is 749. The third kappa shape index (κ3) is 4.25. The Labute approximate surface area is 158 Å². The van der Waals surface area contributed by atoms with Gasteiger partial charge in [-0.3, -0.25) is 14.5 Å². The van der Waals surface area contributed by atoms with Crippen molar-refractivity contribution in [2.75, 3.05) is 13.3 Å². The summed E-state index contributed by atoms with van der Waals surface area (Å²) in [5.74, 6) is -0.211. The Morgan fingerprint density at radius 2 is 2.20 bits per heavy atom. The highest BCUT2D eigenvalue weighted by atomic mass is 79.9. The molecule has 0 radical (unpaired) electrons. The molecule has 2 amide bonds. The molecule has 0 aromatic heterocycles. The van der Waals surface area contributed by atoms with Crippen LogP contribution in [0.2, 0.25) is 0 Å². The monoisotopic (exact) mass is 427 g/mol. The van der Waals surface area contributed by atoms with E-state index < -0.39 is 0 Å². The Hall–Kier alpha value is -1.35. The number of phenolic OH excluding ortho intramolecular Hbond substituents is 1. The van der Waals surface area contributed by atoms with Crippen molar-refractivity contribution >= 4 is 44.9 Å². The minimum atomic E-state index is -0.334. The topological polar surface area (TPSA) is 76.1 Å². The minimum absolute atomic E-state index is 0.115. The number of benzene rings is 1. The number of aromatic hydroxyl groups is 1. The molecule has 25 heavy (non-hydrogen) atoms. The molecule has 1 aromatic carbocycles. The fraction of sp³-hybridized carbons (Fsp3) is 0.412. The van der Waals surface area contributed by atoms with E-state index in [2.05, 4.69) is 15.9 Å². The molecule has 0 saturated carbocycles. The van der Waals surface area contributed by atoms with Crippen LogP contribution in [0.15, 0.2) is 27.6 Å². The molecular weight excluding hydrogens is 410 g/mol. The maximum atomic E-state index is 12.6. The van der Waals surface area contributed by atoms with Crippen LogP contribution in [-0.4, -0.2) is 46.2 Å². The summed E-state index contributed by atoms with van der Waals surface area (Å²) in [5, 5.41) is 9.24. The average Bonchev–Trinajstić information content (AvgIpc) is 2.78. The molecule has 6 nitrogen and oxygen atoms in total. The number of rotatable bonds is 3. The molecule has 2 heterocycles. The number of nitrogens with zero attached hydrogens (tertiary/aromatic N) is 1. The van der Waals surface area contributed by atoms with Crippen LogP contribution in [0, 0.1) is 0 Å². The lowest BCUT2D eigenvalue weighted by atomic mass is 9.99. The molecule has 2 aliphatic rings. The number of ether oxygens (including phenoxy) is 2. The van der Waals surface area contributed by atoms with Crippen LogP contribution in [0.4, 0.5) is 4.79 Å². The summed E-state index contributed by atoms with van der Waals surface area (Å²) >= 11 is 4.14. The Kier molecular flexibility index (Phi) is 5.24. The van der Waals surface area contributed by atoms with E-state index in [1.807, 2.05) is 13.8 Å². The van der Waals surface area contributed by atoms with Gasteiger partial charge in [0.2, 0.25) is 0 Å². The average molecular weight is 428 g/mol. The smallest absolute Gasteiger partial charge is 0.293 e. The first kappa shape index (κ1) is 18.4. The number of amides is 2. The van der Waals surface area contributed by atoms with Gasteiger partial charge in [0.05, 0.1) is 27.6 Å². The third-order valence-corrected chi connectivity index (χ3v) is 5.54. The van der Waals surface area contributed by atoms with Crippen molar-refractivity contribution in [3.8, 4) is 5.75 Å². The molecule has 2 aliphatic heterocycles. The zero-order valence-electron chi connectivity index (χ0n) is 13.8. The molecule has 0 bridgehead atoms. The van der Waals surface area contributed by atoms with Gasteiger partial charge in [0, 0.05) is 6.42 Å². The zero-order chi connectivity index (χ0) is 18.2. The Balaban J connectivity index is 1.73. The quantitative estimate of drug-likeness (QED) is 0.740. The summed E-state index contributed by atoms with van der Waals surface area (Å²) in [7, 11) is 0. The van der Waals surface area contributed by atoms with E-state index in [0.717, 1.165) is 17.3 Å². The molecule has 0 spiro atoms. The van der Waals surface area contributed by atoms with Gasteiger partial charge in [0.25, 0.3) is 11.1 Å². The van der Waals surface area contributed by atoms with Crippen molar-refractivity contribution in [1.29, 1.82) is 0 Å². The van der Waals surface area contributed by atoms with E-state index >= 15 is 0 Å². The SMILES string of the molecule is CC1(C)CC(CN2C(=O)S/C(=C\c3ccc(O)c(Br)c3)C2=O)OCO1. The van der Waals surface area contributed by atoms with E-state index in [1.165, 1.54) is 11.0 Å². The van der Waals surface area contributed by atoms with E-state index in [1.54, 1.807) is 18.2 Å². The number of phenols is 1. The van der Waals surface area contributed by atoms with Crippen LogP contribution in [0.25, 0.3) is 6.08 Å². The highest BCUT2D eigenvalue weighted by Gasteiger charge is 2.39. The Morgan fingerprint density at radius 3 is 2.88 bits per heavy atom. The van der Waals surface area contributed by atoms with Crippen molar-refractivity contribution in [3.05, 3.63) is 33.1 Å². The summed E-state index contributed by atoms with van der Waals surface area (Å²) in [4.78, 5) is 26.4. The first-order chi connectivity index (χ1) is 11.7. The largest absolute Gasteiger partial charge is 0.507 e. The van der Waals surface area contributed by atoms with Crippen molar-refractivity contribution in [2.24, 2.45) is 0 Å². The highest BCUT2D eigenvalue weighted by molar-refractivity contribution is 9.10. The van der Waals surface area contributed by atoms with Crippen LogP contribution in [0.1, 0.15) is 25.8 Å². The lowest BCUT2D eigenvalue weighted by Gasteiger charge is -2.36. The van der Waals surface area contributed by atoms with Gasteiger partial charge in [-0.15, -0.1) is 0 Å². The molecule has 1 atom stereocenters. The van der Waals surface area contributed by atoms with Gasteiger partial charge in [-0.05, 0) is 65.3 Å². The van der Waals surface area contributed by atoms with Gasteiger partial charge >= 0.3 is 0 Å². The zero-order valence-corrected chi connectivity index (χ0v) is 16.2. The molecule has 2 saturated heterocycles. The highest BCUT2D eigenvalue weighted by Crippen LogP contribution is 2.35. The standard InChI is InChI=1S/C17H18BrNO5S/c1-17(2)7-11(23-9-24-17)8-19-15(21)14(25-16(19)22)6-10-3-4-13(20)12(18)5-10/h3-6,11,20H,7-9H2,1-2H3/b14-6-. The second-order valence-electron chi connectivity index (χ2n) is 6.52. The molecule has 1 aromatic rings. The summed E-state index contributed by atoms with van der Waals surface area (Å²) in [6.07, 6.45) is 2.02. The number of carbonyl (C=O) groups is 2. The molecular formula is C17H18BrNO5S. The summed E-state index contributed by atoms with van der Waals surface area (Å²) in [6.45, 7) is 4.29. The minimum Gasteiger partial charge on any atom is -0.507 e. The Morgan fingerprint density at radius 1 is 1.44 bits per heavy atom. The van der Waals surface area contributed by atoms with Crippen LogP contribution >= 0.6 is 27.7 Å². The number of carbonyl (C=O) groups excluding carboxylic acids is 2. The third-order valence-electron chi connectivity index (χ3n) is 4.00. The van der Waals surface area contributed by atoms with Gasteiger partial charge in [-0.1, -0.05) is 6.07 Å². The number of thioether (sulfide) groups is 1. The predicted octanol–water partition coefficient (Wildman–Crippen LogP) is 3.73. The number of halogens is 1. The summed E-state index contributed by atoms with van der Waals surface area (Å²) in [6, 6.07) is 4.89. The molecule has 134 valence electrons. The van der Waals surface area contributed by atoms with Gasteiger partial charge in [-0.25, -0.2) is 0 Å². The predicted molar refractivity (Wildman–Crippen MR) is 98.0 cm³/mol. The number of hydrogen-bond acceptors (Lipinski definition) is 6. The first-order valence-electron chi connectivity index (χ1n) is 7.75. The first-order valence-corrected chi connectivity index (χ1v) is 9.35. The number of imide groups is 1. The summed E-state index contributed by atoms with van der Waals surface area (Å²) in [5.41, 5.74) is 0.386. The molecule has 1 unspecified atom stereocenters. The number of hydrogen-bond donors (Lipinski definition) is 1. The van der Waals surface area contributed by atoms with Crippen LogP contribution in [-0.2, 0) is 14.3 Å². The molecule has 2 fully saturated rings. The van der Waals surface area contributed by atoms with Crippen molar-refractivity contribution in [3.63, 3.8) is 0 Å². The van der Waals surface area contributed by atoms with Crippen LogP contribution in [0.3, 0.4) is 0 Å². The molecule has 0 aliphatic carbocycles. The second kappa shape index (κ2) is 7.11. The van der Waals surface area contributed by atoms with E-state index in [-0.39, 0.29) is 41.9 Å². The van der Waals surface area contributed by atoms with Crippen molar-refractivity contribution in [2.45, 2.75) is 32.0 Å². The maximum absolute atomic E-state index is 12.6. The lowest BCUT2D eigenvalue weighted by molar-refractivity contribution is -0.211. The van der Waals surface area contributed by atoms with Crippen LogP contribution in [0.5, 0.6) is 5.75 Å². The fourth-order valence-corrected chi connectivity index (χ4v) is 3.94. The normalized spacial score (nSPS) is 25.0. The van der Waals surface area contributed by atoms with Gasteiger partial charge in [0.1, 0.15) is 12.5 Å². The van der Waals surface area contributed by atoms with Crippen molar-refractivity contribution < 1.29 is 24.2 Å². The van der Waals surface area contributed by atoms with E-state index in [0.29, 0.717) is 15.8 Å². The van der Waals surface area contributed by atoms with E-state index in [4.69, 9.17) is 9.47 Å². The lowest BCUT2D eigenvalue weighted by Crippen LogP contribution is -2.45. The van der Waals surface area contributed by atoms with E-state index in [9.17, 15) is 14.7 Å². The fourth-order valence-electron chi connectivity index (χ4n) is 2.70. The van der Waals surface area contributed by atoms with Crippen molar-refractivity contribution in [1.82, 2.24) is 4.90 Å². The molecule has 3 rings (SSSR count). The maximum Gasteiger partial charge on any atom is 0.293 e. The summed E-state index contributed by atoms with van der Waals surface area (Å²) < 4.78 is 11.5. The van der Waals surface area contributed by atoms with Crippen LogP contribution < -0.4 is 0 Å².